The number of anilines is 1. The van der Waals surface area contributed by atoms with E-state index in [0.29, 0.717) is 0 Å². The van der Waals surface area contributed by atoms with Crippen LogP contribution in [-0.4, -0.2) is 28.9 Å². The Morgan fingerprint density at radius 1 is 1.56 bits per heavy atom. The summed E-state index contributed by atoms with van der Waals surface area (Å²) in [5.74, 6) is -1.21. The number of hydrogen-bond donors (Lipinski definition) is 3. The second kappa shape index (κ2) is 4.42. The molecule has 0 aliphatic rings. The van der Waals surface area contributed by atoms with Crippen LogP contribution in [-0.2, 0) is 10.0 Å². The number of carboxylic acid groups (broad SMARTS) is 1. The highest BCUT2D eigenvalue weighted by molar-refractivity contribution is 7.93. The molecule has 2 aromatic rings. The van der Waals surface area contributed by atoms with Gasteiger partial charge in [0.05, 0.1) is 5.69 Å². The minimum Gasteiger partial charge on any atom is -0.478 e. The molecule has 0 aliphatic heterocycles. The number of hydrogen-bond acceptors (Lipinski definition) is 5. The highest BCUT2D eigenvalue weighted by atomic mass is 32.2. The molecule has 18 heavy (non-hydrogen) atoms. The minimum atomic E-state index is -3.79. The van der Waals surface area contributed by atoms with Crippen LogP contribution in [0.1, 0.15) is 16.1 Å². The number of sulfonamides is 1. The maximum absolute atomic E-state index is 11.9. The second-order valence-electron chi connectivity index (χ2n) is 3.43. The summed E-state index contributed by atoms with van der Waals surface area (Å²) >= 11 is 0.797. The van der Waals surface area contributed by atoms with E-state index in [4.69, 9.17) is 5.11 Å². The van der Waals surface area contributed by atoms with Gasteiger partial charge in [0.1, 0.15) is 15.5 Å². The number of aryl methyl sites for hydroxylation is 1. The van der Waals surface area contributed by atoms with Gasteiger partial charge in [0.25, 0.3) is 10.0 Å². The number of aromatic nitrogens is 2. The molecule has 0 spiro atoms. The Morgan fingerprint density at radius 2 is 2.28 bits per heavy atom. The average Bonchev–Trinajstić information content (AvgIpc) is 2.87. The van der Waals surface area contributed by atoms with Crippen LogP contribution in [0.2, 0.25) is 0 Å². The smallest absolute Gasteiger partial charge is 0.340 e. The van der Waals surface area contributed by atoms with Gasteiger partial charge < -0.3 is 10.1 Å². The molecule has 2 aromatic heterocycles. The largest absolute Gasteiger partial charge is 0.478 e. The van der Waals surface area contributed by atoms with E-state index in [1.807, 2.05) is 0 Å². The molecule has 0 aliphatic carbocycles. The normalized spacial score (nSPS) is 11.4. The molecule has 2 heterocycles. The molecular weight excluding hydrogens is 278 g/mol. The van der Waals surface area contributed by atoms with Crippen LogP contribution < -0.4 is 4.72 Å². The summed E-state index contributed by atoms with van der Waals surface area (Å²) in [6.45, 7) is 1.51. The van der Waals surface area contributed by atoms with Crippen molar-refractivity contribution in [3.8, 4) is 0 Å². The van der Waals surface area contributed by atoms with Gasteiger partial charge in [-0.25, -0.2) is 13.2 Å². The Kier molecular flexibility index (Phi) is 3.09. The first-order valence-corrected chi connectivity index (χ1v) is 7.02. The summed E-state index contributed by atoms with van der Waals surface area (Å²) in [7, 11) is -3.79. The third kappa shape index (κ3) is 2.22. The molecule has 0 aromatic carbocycles. The quantitative estimate of drug-likeness (QED) is 0.784. The van der Waals surface area contributed by atoms with Crippen LogP contribution in [0.15, 0.2) is 23.4 Å². The average molecular weight is 287 g/mol. The molecule has 0 amide bonds. The summed E-state index contributed by atoms with van der Waals surface area (Å²) in [5.41, 5.74) is 0.151. The van der Waals surface area contributed by atoms with Crippen molar-refractivity contribution in [2.45, 2.75) is 11.8 Å². The van der Waals surface area contributed by atoms with Crippen molar-refractivity contribution < 1.29 is 18.3 Å². The van der Waals surface area contributed by atoms with E-state index < -0.39 is 16.0 Å². The lowest BCUT2D eigenvalue weighted by Crippen LogP contribution is -2.13. The first kappa shape index (κ1) is 12.6. The van der Waals surface area contributed by atoms with E-state index in [1.165, 1.54) is 25.4 Å². The Labute approximate surface area is 107 Å². The van der Waals surface area contributed by atoms with Gasteiger partial charge in [0.2, 0.25) is 0 Å². The van der Waals surface area contributed by atoms with Crippen LogP contribution in [0.4, 0.5) is 5.00 Å². The Hall–Kier alpha value is -1.87. The lowest BCUT2D eigenvalue weighted by atomic mass is 10.2. The van der Waals surface area contributed by atoms with Crippen LogP contribution in [0.3, 0.4) is 0 Å². The van der Waals surface area contributed by atoms with Crippen molar-refractivity contribution in [3.05, 3.63) is 29.7 Å². The third-order valence-corrected chi connectivity index (χ3v) is 4.51. The van der Waals surface area contributed by atoms with Crippen LogP contribution >= 0.6 is 11.5 Å². The molecule has 9 heteroatoms. The van der Waals surface area contributed by atoms with E-state index in [0.717, 1.165) is 11.5 Å². The van der Waals surface area contributed by atoms with Crippen molar-refractivity contribution in [1.82, 2.24) is 9.36 Å². The highest BCUT2D eigenvalue weighted by Crippen LogP contribution is 2.26. The summed E-state index contributed by atoms with van der Waals surface area (Å²) in [6, 6.07) is 1.37. The molecule has 0 bridgehead atoms. The summed E-state index contributed by atoms with van der Waals surface area (Å²) in [5, 5.41) is 8.99. The molecule has 0 radical (unpaired) electrons. The molecule has 0 fully saturated rings. The monoisotopic (exact) mass is 287 g/mol. The number of carbonyl (C=O) groups is 1. The van der Waals surface area contributed by atoms with Crippen LogP contribution in [0.5, 0.6) is 0 Å². The zero-order chi connectivity index (χ0) is 13.3. The predicted molar refractivity (Wildman–Crippen MR) is 65.4 cm³/mol. The Bertz CT molecular complexity index is 673. The first-order chi connectivity index (χ1) is 8.42. The molecule has 96 valence electrons. The number of nitrogens with one attached hydrogen (secondary N) is 2. The number of carboxylic acids is 1. The van der Waals surface area contributed by atoms with Crippen molar-refractivity contribution >= 4 is 32.5 Å². The van der Waals surface area contributed by atoms with Crippen LogP contribution in [0, 0.1) is 6.92 Å². The van der Waals surface area contributed by atoms with E-state index in [2.05, 4.69) is 14.1 Å². The van der Waals surface area contributed by atoms with Gasteiger partial charge in [0.15, 0.2) is 0 Å². The summed E-state index contributed by atoms with van der Waals surface area (Å²) in [6.07, 6.45) is 2.77. The maximum Gasteiger partial charge on any atom is 0.340 e. The molecule has 7 nitrogen and oxygen atoms in total. The van der Waals surface area contributed by atoms with E-state index >= 15 is 0 Å². The number of aromatic amines is 1. The lowest BCUT2D eigenvalue weighted by Gasteiger charge is -2.04. The SMILES string of the molecule is Cc1nsc(NS(=O)(=O)c2cc[nH]c2)c1C(=O)O. The molecule has 3 N–H and O–H groups in total. The van der Waals surface area contributed by atoms with Gasteiger partial charge in [-0.2, -0.15) is 4.37 Å². The topological polar surface area (TPSA) is 112 Å². The van der Waals surface area contributed by atoms with Gasteiger partial charge >= 0.3 is 5.97 Å². The van der Waals surface area contributed by atoms with Crippen molar-refractivity contribution in [1.29, 1.82) is 0 Å². The fourth-order valence-corrected chi connectivity index (χ4v) is 3.41. The van der Waals surface area contributed by atoms with Gasteiger partial charge in [-0.15, -0.1) is 0 Å². The molecule has 0 unspecified atom stereocenters. The molecule has 2 rings (SSSR count). The van der Waals surface area contributed by atoms with E-state index in [1.54, 1.807) is 0 Å². The lowest BCUT2D eigenvalue weighted by molar-refractivity contribution is 0.0697. The number of H-pyrrole nitrogens is 1. The zero-order valence-corrected chi connectivity index (χ0v) is 10.8. The number of rotatable bonds is 4. The second-order valence-corrected chi connectivity index (χ2v) is 5.89. The molecule has 0 saturated heterocycles. The summed E-state index contributed by atoms with van der Waals surface area (Å²) in [4.78, 5) is 13.7. The molecular formula is C9H9N3O4S2. The predicted octanol–water partition coefficient (Wildman–Crippen LogP) is 1.28. The van der Waals surface area contributed by atoms with Crippen LogP contribution in [0.25, 0.3) is 0 Å². The number of nitrogens with zero attached hydrogens (tertiary/aromatic N) is 1. The van der Waals surface area contributed by atoms with Crippen molar-refractivity contribution in [2.75, 3.05) is 4.72 Å². The third-order valence-electron chi connectivity index (χ3n) is 2.18. The fourth-order valence-electron chi connectivity index (χ4n) is 1.35. The summed E-state index contributed by atoms with van der Waals surface area (Å²) < 4.78 is 29.9. The maximum atomic E-state index is 11.9. The molecule has 0 atom stereocenters. The minimum absolute atomic E-state index is 0.00111. The van der Waals surface area contributed by atoms with E-state index in [-0.39, 0.29) is 21.2 Å². The molecule has 0 saturated carbocycles. The standard InChI is InChI=1S/C9H9N3O4S2/c1-5-7(9(13)14)8(17-11-5)12-18(15,16)6-2-3-10-4-6/h2-4,10,12H,1H3,(H,13,14). The zero-order valence-electron chi connectivity index (χ0n) is 9.17. The highest BCUT2D eigenvalue weighted by Gasteiger charge is 2.23. The Morgan fingerprint density at radius 3 is 2.83 bits per heavy atom. The van der Waals surface area contributed by atoms with Crippen molar-refractivity contribution in [2.24, 2.45) is 0 Å². The fraction of sp³-hybridized carbons (Fsp3) is 0.111. The number of aromatic carboxylic acids is 1. The van der Waals surface area contributed by atoms with Gasteiger partial charge in [-0.1, -0.05) is 0 Å². The van der Waals surface area contributed by atoms with Crippen molar-refractivity contribution in [3.63, 3.8) is 0 Å². The van der Waals surface area contributed by atoms with Gasteiger partial charge in [-0.05, 0) is 24.5 Å². The van der Waals surface area contributed by atoms with Gasteiger partial charge in [0, 0.05) is 12.4 Å². The van der Waals surface area contributed by atoms with E-state index in [9.17, 15) is 13.2 Å². The van der Waals surface area contributed by atoms with Gasteiger partial charge in [-0.3, -0.25) is 4.72 Å². The first-order valence-electron chi connectivity index (χ1n) is 4.77. The Balaban J connectivity index is 2.39.